The van der Waals surface area contributed by atoms with Crippen LogP contribution in [0.3, 0.4) is 0 Å². The van der Waals surface area contributed by atoms with Crippen LogP contribution in [-0.2, 0) is 0 Å². The molecule has 4 heteroatoms. The van der Waals surface area contributed by atoms with Crippen LogP contribution < -0.4 is 10.2 Å². The molecule has 3 N–H and O–H groups in total. The van der Waals surface area contributed by atoms with Gasteiger partial charge in [-0.3, -0.25) is 0 Å². The first-order valence-electron chi connectivity index (χ1n) is 2.98. The fourth-order valence-corrected chi connectivity index (χ4v) is 0.892. The second-order valence-electron chi connectivity index (χ2n) is 2.04. The average molecular weight is 135 g/mol. The topological polar surface area (TPSA) is 58.8 Å². The minimum Gasteiger partial charge on any atom is -0.345 e. The smallest absolute Gasteiger partial charge is 0.345 e. The predicted molar refractivity (Wildman–Crippen MR) is 36.2 cm³/mol. The molecule has 0 fully saturated rings. The van der Waals surface area contributed by atoms with E-state index in [9.17, 15) is 0 Å². The first-order chi connectivity index (χ1) is 4.86. The van der Waals surface area contributed by atoms with Gasteiger partial charge in [0.1, 0.15) is 6.20 Å². The Labute approximate surface area is 57.3 Å². The van der Waals surface area contributed by atoms with E-state index in [1.54, 1.807) is 4.52 Å². The molecule has 50 valence electrons. The second-order valence-corrected chi connectivity index (χ2v) is 2.04. The Morgan fingerprint density at radius 1 is 1.50 bits per heavy atom. The number of nitrogens with one attached hydrogen (secondary N) is 1. The van der Waals surface area contributed by atoms with Crippen LogP contribution in [-0.4, -0.2) is 10.1 Å². The van der Waals surface area contributed by atoms with Gasteiger partial charge in [-0.25, -0.2) is 0 Å². The minimum atomic E-state index is 0.436. The Hall–Kier alpha value is -1.58. The van der Waals surface area contributed by atoms with Gasteiger partial charge >= 0.3 is 11.6 Å². The number of hydrogen-bond acceptors (Lipinski definition) is 2. The molecule has 0 radical (unpaired) electrons. The van der Waals surface area contributed by atoms with Gasteiger partial charge in [0.15, 0.2) is 0 Å². The zero-order valence-corrected chi connectivity index (χ0v) is 5.28. The van der Waals surface area contributed by atoms with Crippen LogP contribution >= 0.6 is 0 Å². The van der Waals surface area contributed by atoms with Crippen molar-refractivity contribution in [2.75, 3.05) is 5.73 Å². The van der Waals surface area contributed by atoms with Gasteiger partial charge < -0.3 is 5.73 Å². The molecule has 0 saturated carbocycles. The third-order valence-corrected chi connectivity index (χ3v) is 1.31. The number of H-pyrrole nitrogens is 1. The van der Waals surface area contributed by atoms with Crippen molar-refractivity contribution in [3.63, 3.8) is 0 Å². The van der Waals surface area contributed by atoms with Gasteiger partial charge in [0.2, 0.25) is 0 Å². The standard InChI is InChI=1S/C6H6N4/c7-6-8-5-3-1-2-4-10(5)9-6/h1-4H,(H2,7,9)/p+1. The molecule has 2 aromatic heterocycles. The molecule has 0 spiro atoms. The van der Waals surface area contributed by atoms with Crippen molar-refractivity contribution < 1.29 is 4.52 Å². The van der Waals surface area contributed by atoms with Crippen molar-refractivity contribution >= 4 is 11.6 Å². The number of nitrogen functional groups attached to an aromatic ring is 1. The van der Waals surface area contributed by atoms with Gasteiger partial charge in [-0.05, 0) is 6.07 Å². The summed E-state index contributed by atoms with van der Waals surface area (Å²) in [5.74, 6) is 0.436. The van der Waals surface area contributed by atoms with Gasteiger partial charge in [0, 0.05) is 11.1 Å². The molecule has 2 aromatic rings. The Morgan fingerprint density at radius 2 is 2.40 bits per heavy atom. The number of pyridine rings is 1. The van der Waals surface area contributed by atoms with E-state index in [4.69, 9.17) is 5.73 Å². The summed E-state index contributed by atoms with van der Waals surface area (Å²) >= 11 is 0. The molecule has 0 aliphatic heterocycles. The Kier molecular flexibility index (Phi) is 0.887. The van der Waals surface area contributed by atoms with E-state index in [1.165, 1.54) is 0 Å². The van der Waals surface area contributed by atoms with Crippen LogP contribution in [0.25, 0.3) is 5.65 Å². The van der Waals surface area contributed by atoms with Crippen LogP contribution in [0.5, 0.6) is 0 Å². The highest BCUT2D eigenvalue weighted by molar-refractivity contribution is 5.32. The summed E-state index contributed by atoms with van der Waals surface area (Å²) in [4.78, 5) is 4.00. The summed E-state index contributed by atoms with van der Waals surface area (Å²) in [5.41, 5.74) is 6.24. The SMILES string of the molecule is Nc1nc2cccc[n+]2[nH]1. The largest absolute Gasteiger partial charge is 0.350 e. The molecule has 2 rings (SSSR count). The van der Waals surface area contributed by atoms with E-state index in [-0.39, 0.29) is 0 Å². The average Bonchev–Trinajstić information content (AvgIpc) is 2.27. The highest BCUT2D eigenvalue weighted by Gasteiger charge is 2.05. The first-order valence-corrected chi connectivity index (χ1v) is 2.98. The lowest BCUT2D eigenvalue weighted by Gasteiger charge is -1.76. The summed E-state index contributed by atoms with van der Waals surface area (Å²) in [6, 6.07) is 5.70. The monoisotopic (exact) mass is 135 g/mol. The van der Waals surface area contributed by atoms with Gasteiger partial charge in [0.05, 0.1) is 0 Å². The maximum Gasteiger partial charge on any atom is 0.350 e. The molecule has 10 heavy (non-hydrogen) atoms. The number of aromatic nitrogens is 3. The van der Waals surface area contributed by atoms with Crippen molar-refractivity contribution in [3.8, 4) is 0 Å². The maximum atomic E-state index is 5.40. The Balaban J connectivity index is 2.88. The molecule has 0 bridgehead atoms. The number of anilines is 1. The maximum absolute atomic E-state index is 5.40. The summed E-state index contributed by atoms with van der Waals surface area (Å²) < 4.78 is 1.76. The van der Waals surface area contributed by atoms with Gasteiger partial charge in [0.25, 0.3) is 0 Å². The zero-order chi connectivity index (χ0) is 6.97. The molecule has 0 amide bonds. The van der Waals surface area contributed by atoms with E-state index >= 15 is 0 Å². The normalized spacial score (nSPS) is 10.4. The quantitative estimate of drug-likeness (QED) is 0.488. The van der Waals surface area contributed by atoms with Crippen LogP contribution in [0.2, 0.25) is 0 Å². The van der Waals surface area contributed by atoms with Gasteiger partial charge in [-0.1, -0.05) is 6.07 Å². The summed E-state index contributed by atoms with van der Waals surface area (Å²) in [5, 5.41) is 2.84. The van der Waals surface area contributed by atoms with E-state index in [2.05, 4.69) is 10.1 Å². The lowest BCUT2D eigenvalue weighted by atomic mass is 10.5. The van der Waals surface area contributed by atoms with Crippen LogP contribution in [0.15, 0.2) is 24.4 Å². The first kappa shape index (κ1) is 5.22. The van der Waals surface area contributed by atoms with E-state index < -0.39 is 0 Å². The fourth-order valence-electron chi connectivity index (χ4n) is 0.892. The number of aromatic amines is 1. The third-order valence-electron chi connectivity index (χ3n) is 1.31. The molecule has 2 heterocycles. The highest BCUT2D eigenvalue weighted by atomic mass is 15.3. The van der Waals surface area contributed by atoms with Crippen molar-refractivity contribution in [2.45, 2.75) is 0 Å². The molecule has 0 atom stereocenters. The van der Waals surface area contributed by atoms with Gasteiger partial charge in [-0.2, -0.15) is 5.10 Å². The second kappa shape index (κ2) is 1.70. The summed E-state index contributed by atoms with van der Waals surface area (Å²) in [6.45, 7) is 0. The van der Waals surface area contributed by atoms with Crippen molar-refractivity contribution in [3.05, 3.63) is 24.4 Å². The van der Waals surface area contributed by atoms with E-state index in [0.29, 0.717) is 5.95 Å². The lowest BCUT2D eigenvalue weighted by molar-refractivity contribution is -0.576. The number of fused-ring (bicyclic) bond motifs is 1. The molecular formula is C6H7N4+. The minimum absolute atomic E-state index is 0.436. The van der Waals surface area contributed by atoms with Crippen LogP contribution in [0.4, 0.5) is 5.95 Å². The van der Waals surface area contributed by atoms with E-state index in [1.807, 2.05) is 24.4 Å². The Bertz CT molecular complexity index is 318. The van der Waals surface area contributed by atoms with E-state index in [0.717, 1.165) is 5.65 Å². The molecule has 0 aliphatic carbocycles. The molecule has 0 saturated heterocycles. The van der Waals surface area contributed by atoms with Gasteiger partial charge in [-0.15, -0.1) is 4.52 Å². The van der Waals surface area contributed by atoms with Crippen molar-refractivity contribution in [2.24, 2.45) is 0 Å². The highest BCUT2D eigenvalue weighted by Crippen LogP contribution is 1.91. The molecule has 0 aromatic carbocycles. The lowest BCUT2D eigenvalue weighted by Crippen LogP contribution is -2.21. The third kappa shape index (κ3) is 0.621. The number of hydrogen-bond donors (Lipinski definition) is 2. The van der Waals surface area contributed by atoms with Crippen molar-refractivity contribution in [1.29, 1.82) is 0 Å². The molecule has 0 unspecified atom stereocenters. The predicted octanol–water partition coefficient (Wildman–Crippen LogP) is -0.269. The molecular weight excluding hydrogens is 128 g/mol. The number of rotatable bonds is 0. The number of nitrogens with zero attached hydrogens (tertiary/aromatic N) is 2. The zero-order valence-electron chi connectivity index (χ0n) is 5.28. The summed E-state index contributed by atoms with van der Waals surface area (Å²) in [6.07, 6.45) is 1.86. The Morgan fingerprint density at radius 3 is 3.20 bits per heavy atom. The van der Waals surface area contributed by atoms with Crippen molar-refractivity contribution in [1.82, 2.24) is 10.1 Å². The molecule has 0 aliphatic rings. The number of nitrogens with two attached hydrogens (primary N) is 1. The molecule has 4 nitrogen and oxygen atoms in total. The fraction of sp³-hybridized carbons (Fsp3) is 0. The van der Waals surface area contributed by atoms with Crippen LogP contribution in [0, 0.1) is 0 Å². The van der Waals surface area contributed by atoms with Crippen LogP contribution in [0.1, 0.15) is 0 Å². The summed E-state index contributed by atoms with van der Waals surface area (Å²) in [7, 11) is 0.